The van der Waals surface area contributed by atoms with E-state index in [1.54, 1.807) is 0 Å². The lowest BCUT2D eigenvalue weighted by atomic mass is 9.98. The highest BCUT2D eigenvalue weighted by atomic mass is 32.2. The highest BCUT2D eigenvalue weighted by Crippen LogP contribution is 2.28. The monoisotopic (exact) mass is 392 g/mol. The summed E-state index contributed by atoms with van der Waals surface area (Å²) in [5.74, 6) is 0.163. The van der Waals surface area contributed by atoms with Crippen LogP contribution in [0.4, 0.5) is 11.4 Å². The third kappa shape index (κ3) is 5.11. The summed E-state index contributed by atoms with van der Waals surface area (Å²) in [5, 5.41) is 19.1. The maximum atomic E-state index is 11.5. The SMILES string of the molecule is CS(=O)(=O)N1CCC(CNc2ccc(S(N)(=O)=O)cc2[N+](=O)[O-])CC1. The number of nitrogens with zero attached hydrogens (tertiary/aromatic N) is 2. The number of piperidine rings is 1. The summed E-state index contributed by atoms with van der Waals surface area (Å²) in [6.45, 7) is 1.25. The maximum absolute atomic E-state index is 11.5. The first kappa shape index (κ1) is 19.6. The van der Waals surface area contributed by atoms with E-state index in [4.69, 9.17) is 5.14 Å². The molecule has 1 saturated heterocycles. The van der Waals surface area contributed by atoms with E-state index in [1.165, 1.54) is 22.7 Å². The third-order valence-electron chi connectivity index (χ3n) is 4.12. The summed E-state index contributed by atoms with van der Waals surface area (Å²) in [7, 11) is -7.22. The number of benzene rings is 1. The molecule has 1 aromatic rings. The van der Waals surface area contributed by atoms with Gasteiger partial charge >= 0.3 is 0 Å². The molecule has 0 aliphatic carbocycles. The smallest absolute Gasteiger partial charge is 0.293 e. The molecule has 25 heavy (non-hydrogen) atoms. The van der Waals surface area contributed by atoms with Crippen molar-refractivity contribution in [2.24, 2.45) is 11.1 Å². The number of sulfonamides is 2. The fourth-order valence-electron chi connectivity index (χ4n) is 2.69. The molecule has 1 aliphatic heterocycles. The average molecular weight is 392 g/mol. The van der Waals surface area contributed by atoms with Crippen molar-refractivity contribution in [2.45, 2.75) is 17.7 Å². The van der Waals surface area contributed by atoms with Crippen molar-refractivity contribution < 1.29 is 21.8 Å². The van der Waals surface area contributed by atoms with Crippen LogP contribution >= 0.6 is 0 Å². The van der Waals surface area contributed by atoms with Crippen LogP contribution in [0.2, 0.25) is 0 Å². The van der Waals surface area contributed by atoms with Crippen LogP contribution in [-0.2, 0) is 20.0 Å². The average Bonchev–Trinajstić information content (AvgIpc) is 2.51. The van der Waals surface area contributed by atoms with Crippen molar-refractivity contribution in [2.75, 3.05) is 31.2 Å². The Labute approximate surface area is 146 Å². The van der Waals surface area contributed by atoms with Crippen LogP contribution in [0.15, 0.2) is 23.1 Å². The van der Waals surface area contributed by atoms with Gasteiger partial charge in [0.2, 0.25) is 20.0 Å². The quantitative estimate of drug-likeness (QED) is 0.522. The fourth-order valence-corrected chi connectivity index (χ4v) is 4.10. The fraction of sp³-hybridized carbons (Fsp3) is 0.538. The van der Waals surface area contributed by atoms with Crippen LogP contribution in [0, 0.1) is 16.0 Å². The molecular formula is C13H20N4O6S2. The molecule has 10 nitrogen and oxygen atoms in total. The number of nitrogens with two attached hydrogens (primary N) is 1. The van der Waals surface area contributed by atoms with E-state index in [2.05, 4.69) is 5.32 Å². The molecule has 0 saturated carbocycles. The summed E-state index contributed by atoms with van der Waals surface area (Å²) in [4.78, 5) is 10.2. The molecule has 3 N–H and O–H groups in total. The molecule has 1 heterocycles. The predicted molar refractivity (Wildman–Crippen MR) is 92.1 cm³/mol. The second kappa shape index (κ2) is 7.23. The van der Waals surface area contributed by atoms with Crippen LogP contribution in [-0.4, -0.2) is 52.0 Å². The van der Waals surface area contributed by atoms with Crippen LogP contribution in [0.1, 0.15) is 12.8 Å². The Kier molecular flexibility index (Phi) is 5.66. The number of nitro benzene ring substituents is 1. The number of anilines is 1. The summed E-state index contributed by atoms with van der Waals surface area (Å²) >= 11 is 0. The maximum Gasteiger partial charge on any atom is 0.293 e. The van der Waals surface area contributed by atoms with Gasteiger partial charge in [-0.25, -0.2) is 26.3 Å². The van der Waals surface area contributed by atoms with E-state index in [9.17, 15) is 26.9 Å². The molecule has 0 aromatic heterocycles. The first-order valence-corrected chi connectivity index (χ1v) is 10.9. The lowest BCUT2D eigenvalue weighted by molar-refractivity contribution is -0.384. The van der Waals surface area contributed by atoms with E-state index in [0.717, 1.165) is 6.07 Å². The highest BCUT2D eigenvalue weighted by molar-refractivity contribution is 7.89. The highest BCUT2D eigenvalue weighted by Gasteiger charge is 2.25. The Morgan fingerprint density at radius 1 is 1.28 bits per heavy atom. The molecule has 0 amide bonds. The molecule has 0 radical (unpaired) electrons. The minimum Gasteiger partial charge on any atom is -0.379 e. The van der Waals surface area contributed by atoms with Gasteiger partial charge in [0.25, 0.3) is 5.69 Å². The summed E-state index contributed by atoms with van der Waals surface area (Å²) in [5.41, 5.74) is -0.178. The van der Waals surface area contributed by atoms with Gasteiger partial charge in [-0.3, -0.25) is 10.1 Å². The van der Waals surface area contributed by atoms with E-state index in [-0.39, 0.29) is 22.2 Å². The van der Waals surface area contributed by atoms with Gasteiger partial charge in [-0.05, 0) is 30.9 Å². The Hall–Kier alpha value is -1.76. The molecule has 0 atom stereocenters. The van der Waals surface area contributed by atoms with Crippen molar-refractivity contribution in [3.63, 3.8) is 0 Å². The van der Waals surface area contributed by atoms with E-state index in [0.29, 0.717) is 32.5 Å². The van der Waals surface area contributed by atoms with E-state index < -0.39 is 25.0 Å². The largest absolute Gasteiger partial charge is 0.379 e. The summed E-state index contributed by atoms with van der Waals surface area (Å²) in [6.07, 6.45) is 2.45. The van der Waals surface area contributed by atoms with Crippen LogP contribution in [0.3, 0.4) is 0 Å². The molecule has 0 bridgehead atoms. The standard InChI is InChI=1S/C13H20N4O6S2/c1-24(20,21)16-6-4-10(5-7-16)9-15-12-3-2-11(25(14,22)23)8-13(12)17(18)19/h2-3,8,10,15H,4-7,9H2,1H3,(H2,14,22,23). The number of nitro groups is 1. The second-order valence-corrected chi connectivity index (χ2v) is 9.51. The van der Waals surface area contributed by atoms with E-state index in [1.807, 2.05) is 0 Å². The summed E-state index contributed by atoms with van der Waals surface area (Å²) < 4.78 is 47.0. The van der Waals surface area contributed by atoms with Gasteiger partial charge in [0.05, 0.1) is 16.1 Å². The molecule has 0 unspecified atom stereocenters. The summed E-state index contributed by atoms with van der Waals surface area (Å²) in [6, 6.07) is 3.43. The molecule has 1 aliphatic rings. The molecule has 1 aromatic carbocycles. The van der Waals surface area contributed by atoms with Gasteiger partial charge in [-0.1, -0.05) is 0 Å². The Balaban J connectivity index is 2.05. The number of hydrogen-bond donors (Lipinski definition) is 2. The zero-order valence-electron chi connectivity index (χ0n) is 13.6. The molecule has 2 rings (SSSR count). The minimum atomic E-state index is -4.03. The van der Waals surface area contributed by atoms with Crippen molar-refractivity contribution >= 4 is 31.4 Å². The van der Waals surface area contributed by atoms with Gasteiger partial charge in [-0.2, -0.15) is 0 Å². The molecule has 0 spiro atoms. The first-order valence-electron chi connectivity index (χ1n) is 7.48. The van der Waals surface area contributed by atoms with Crippen LogP contribution < -0.4 is 10.5 Å². The predicted octanol–water partition coefficient (Wildman–Crippen LogP) is 0.326. The van der Waals surface area contributed by atoms with Gasteiger partial charge in [-0.15, -0.1) is 0 Å². The number of hydrogen-bond acceptors (Lipinski definition) is 7. The second-order valence-electron chi connectivity index (χ2n) is 5.97. The Morgan fingerprint density at radius 3 is 2.36 bits per heavy atom. The number of primary sulfonamides is 1. The van der Waals surface area contributed by atoms with Crippen molar-refractivity contribution in [1.82, 2.24) is 4.31 Å². The molecular weight excluding hydrogens is 372 g/mol. The minimum absolute atomic E-state index is 0.163. The van der Waals surface area contributed by atoms with Crippen LogP contribution in [0.25, 0.3) is 0 Å². The Bertz CT molecular complexity index is 861. The lowest BCUT2D eigenvalue weighted by Gasteiger charge is -2.30. The van der Waals surface area contributed by atoms with Crippen molar-refractivity contribution in [3.8, 4) is 0 Å². The van der Waals surface area contributed by atoms with Gasteiger partial charge < -0.3 is 5.32 Å². The third-order valence-corrected chi connectivity index (χ3v) is 6.33. The van der Waals surface area contributed by atoms with Crippen molar-refractivity contribution in [1.29, 1.82) is 0 Å². The van der Waals surface area contributed by atoms with Gasteiger partial charge in [0.15, 0.2) is 0 Å². The van der Waals surface area contributed by atoms with Gasteiger partial charge in [0, 0.05) is 25.7 Å². The number of nitrogens with one attached hydrogen (secondary N) is 1. The zero-order chi connectivity index (χ0) is 18.8. The van der Waals surface area contributed by atoms with Crippen LogP contribution in [0.5, 0.6) is 0 Å². The Morgan fingerprint density at radius 2 is 1.88 bits per heavy atom. The number of rotatable bonds is 6. The molecule has 12 heteroatoms. The van der Waals surface area contributed by atoms with E-state index >= 15 is 0 Å². The first-order chi connectivity index (χ1) is 11.5. The molecule has 1 fully saturated rings. The lowest BCUT2D eigenvalue weighted by Crippen LogP contribution is -2.39. The van der Waals surface area contributed by atoms with Crippen molar-refractivity contribution in [3.05, 3.63) is 28.3 Å². The zero-order valence-corrected chi connectivity index (χ0v) is 15.2. The normalized spacial score (nSPS) is 17.4. The molecule has 140 valence electrons. The van der Waals surface area contributed by atoms with Gasteiger partial charge in [0.1, 0.15) is 5.69 Å². The topological polar surface area (TPSA) is 153 Å².